The number of oxime groups is 1. The van der Waals surface area contributed by atoms with E-state index >= 15 is 0 Å². The van der Waals surface area contributed by atoms with Crippen LogP contribution in [-0.4, -0.2) is 28.1 Å². The molecule has 0 saturated carbocycles. The van der Waals surface area contributed by atoms with E-state index in [1.54, 1.807) is 0 Å². The summed E-state index contributed by atoms with van der Waals surface area (Å²) < 4.78 is 0. The molecule has 6 heteroatoms. The summed E-state index contributed by atoms with van der Waals surface area (Å²) in [5.41, 5.74) is 11.4. The molecule has 0 aliphatic heterocycles. The highest BCUT2D eigenvalue weighted by Crippen LogP contribution is 2.16. The monoisotopic (exact) mass is 261 g/mol. The molecular formula is C13H19N5O. The molecule has 6 N–H and O–H groups in total. The quantitative estimate of drug-likeness (QED) is 0.275. The van der Waals surface area contributed by atoms with E-state index in [0.29, 0.717) is 6.42 Å². The average molecular weight is 261 g/mol. The summed E-state index contributed by atoms with van der Waals surface area (Å²) in [4.78, 5) is 4.27. The summed E-state index contributed by atoms with van der Waals surface area (Å²) >= 11 is 0. The van der Waals surface area contributed by atoms with Crippen LogP contribution in [0.3, 0.4) is 0 Å². The molecule has 19 heavy (non-hydrogen) atoms. The Hall–Kier alpha value is -2.37. The van der Waals surface area contributed by atoms with E-state index in [-0.39, 0.29) is 17.4 Å². The predicted molar refractivity (Wildman–Crippen MR) is 77.0 cm³/mol. The average Bonchev–Trinajstić information content (AvgIpc) is 2.36. The van der Waals surface area contributed by atoms with Gasteiger partial charge >= 0.3 is 0 Å². The topological polar surface area (TPSA) is 121 Å². The molecule has 0 unspecified atom stereocenters. The van der Waals surface area contributed by atoms with Crippen molar-refractivity contribution in [2.24, 2.45) is 21.6 Å². The third-order valence-electron chi connectivity index (χ3n) is 2.52. The Kier molecular flexibility index (Phi) is 4.63. The minimum atomic E-state index is -0.479. The van der Waals surface area contributed by atoms with Crippen molar-refractivity contribution in [3.05, 3.63) is 35.9 Å². The summed E-state index contributed by atoms with van der Waals surface area (Å²) in [7, 11) is 0. The molecule has 0 aliphatic carbocycles. The minimum absolute atomic E-state index is 0.0452. The lowest BCUT2D eigenvalue weighted by Gasteiger charge is -2.20. The maximum Gasteiger partial charge on any atom is 0.191 e. The van der Waals surface area contributed by atoms with Gasteiger partial charge in [0, 0.05) is 0 Å². The van der Waals surface area contributed by atoms with Crippen LogP contribution in [0.15, 0.2) is 40.5 Å². The number of hydrogen-bond donors (Lipinski definition) is 4. The molecule has 0 aliphatic rings. The van der Waals surface area contributed by atoms with E-state index in [4.69, 9.17) is 22.1 Å². The van der Waals surface area contributed by atoms with E-state index in [2.05, 4.69) is 10.1 Å². The van der Waals surface area contributed by atoms with E-state index in [1.807, 2.05) is 44.2 Å². The van der Waals surface area contributed by atoms with Crippen LogP contribution in [0.1, 0.15) is 19.4 Å². The second-order valence-electron chi connectivity index (χ2n) is 4.83. The number of nitrogens with zero attached hydrogens (tertiary/aromatic N) is 2. The standard InChI is InChI=1S/C13H19N5O/c1-13(2,8-9-6-4-3-5-7-9)17-11(15)10(14)12(16)18-19/h3-7,14,19H,8H2,1-2H3,(H2,15,17)(H2,16,18). The molecule has 1 aromatic carbocycles. The van der Waals surface area contributed by atoms with E-state index in [9.17, 15) is 0 Å². The van der Waals surface area contributed by atoms with Crippen LogP contribution in [-0.2, 0) is 6.42 Å². The smallest absolute Gasteiger partial charge is 0.191 e. The maximum absolute atomic E-state index is 8.50. The zero-order valence-electron chi connectivity index (χ0n) is 11.1. The van der Waals surface area contributed by atoms with Gasteiger partial charge in [-0.15, -0.1) is 0 Å². The van der Waals surface area contributed by atoms with Crippen LogP contribution >= 0.6 is 0 Å². The van der Waals surface area contributed by atoms with Crippen molar-refractivity contribution in [2.45, 2.75) is 25.8 Å². The number of aliphatic imine (C=N–C) groups is 1. The Morgan fingerprint density at radius 1 is 1.21 bits per heavy atom. The first kappa shape index (κ1) is 14.7. The van der Waals surface area contributed by atoms with Gasteiger partial charge in [-0.05, 0) is 25.8 Å². The fourth-order valence-corrected chi connectivity index (χ4v) is 1.70. The Morgan fingerprint density at radius 3 is 2.32 bits per heavy atom. The number of amidine groups is 2. The molecule has 0 aromatic heterocycles. The number of nitrogens with one attached hydrogen (secondary N) is 1. The first-order chi connectivity index (χ1) is 8.85. The van der Waals surface area contributed by atoms with Gasteiger partial charge in [0.15, 0.2) is 5.84 Å². The van der Waals surface area contributed by atoms with Crippen LogP contribution in [0.25, 0.3) is 0 Å². The number of benzene rings is 1. The Morgan fingerprint density at radius 2 is 1.79 bits per heavy atom. The molecule has 6 nitrogen and oxygen atoms in total. The summed E-state index contributed by atoms with van der Waals surface area (Å²) in [6.07, 6.45) is 0.679. The Bertz CT molecular complexity index is 505. The highest BCUT2D eigenvalue weighted by atomic mass is 16.4. The van der Waals surface area contributed by atoms with E-state index < -0.39 is 5.54 Å². The van der Waals surface area contributed by atoms with Crippen molar-refractivity contribution >= 4 is 17.4 Å². The molecule has 0 saturated heterocycles. The minimum Gasteiger partial charge on any atom is -0.409 e. The number of rotatable bonds is 5. The SMILES string of the molecule is CC(C)(Cc1ccccc1)N=C(N)C(=N)/C(N)=N\O. The molecule has 0 atom stereocenters. The van der Waals surface area contributed by atoms with Gasteiger partial charge in [0.25, 0.3) is 0 Å². The maximum atomic E-state index is 8.50. The molecular weight excluding hydrogens is 242 g/mol. The third-order valence-corrected chi connectivity index (χ3v) is 2.52. The van der Waals surface area contributed by atoms with Gasteiger partial charge in [0.1, 0.15) is 11.5 Å². The van der Waals surface area contributed by atoms with Gasteiger partial charge < -0.3 is 16.7 Å². The second kappa shape index (κ2) is 5.99. The third kappa shape index (κ3) is 4.42. The molecule has 1 rings (SSSR count). The largest absolute Gasteiger partial charge is 0.409 e. The summed E-state index contributed by atoms with van der Waals surface area (Å²) in [6.45, 7) is 3.82. The van der Waals surface area contributed by atoms with Crippen molar-refractivity contribution in [2.75, 3.05) is 0 Å². The normalized spacial score (nSPS) is 13.4. The summed E-state index contributed by atoms with van der Waals surface area (Å²) in [6, 6.07) is 9.86. The van der Waals surface area contributed by atoms with Gasteiger partial charge in [0.05, 0.1) is 5.54 Å². The van der Waals surface area contributed by atoms with Crippen LogP contribution in [0.4, 0.5) is 0 Å². The lowest BCUT2D eigenvalue weighted by atomic mass is 9.95. The Labute approximate surface area is 112 Å². The highest BCUT2D eigenvalue weighted by Gasteiger charge is 2.19. The lowest BCUT2D eigenvalue weighted by Crippen LogP contribution is -2.38. The van der Waals surface area contributed by atoms with Gasteiger partial charge in [-0.1, -0.05) is 35.5 Å². The molecule has 1 aromatic rings. The van der Waals surface area contributed by atoms with Crippen molar-refractivity contribution in [3.63, 3.8) is 0 Å². The van der Waals surface area contributed by atoms with E-state index in [0.717, 1.165) is 5.56 Å². The zero-order valence-corrected chi connectivity index (χ0v) is 11.1. The van der Waals surface area contributed by atoms with Gasteiger partial charge in [0.2, 0.25) is 0 Å². The predicted octanol–water partition coefficient (Wildman–Crippen LogP) is 1.13. The molecule has 0 radical (unpaired) electrons. The van der Waals surface area contributed by atoms with Gasteiger partial charge in [-0.2, -0.15) is 0 Å². The van der Waals surface area contributed by atoms with Gasteiger partial charge in [-0.25, -0.2) is 0 Å². The summed E-state index contributed by atoms with van der Waals surface area (Å²) in [5.74, 6) is -0.395. The molecule has 0 bridgehead atoms. The summed E-state index contributed by atoms with van der Waals surface area (Å²) in [5, 5.41) is 18.8. The molecule has 0 fully saturated rings. The second-order valence-corrected chi connectivity index (χ2v) is 4.83. The zero-order chi connectivity index (χ0) is 14.5. The highest BCUT2D eigenvalue weighted by molar-refractivity contribution is 6.66. The first-order valence-corrected chi connectivity index (χ1v) is 5.82. The Balaban J connectivity index is 2.86. The van der Waals surface area contributed by atoms with Crippen LogP contribution in [0, 0.1) is 5.41 Å². The van der Waals surface area contributed by atoms with Crippen molar-refractivity contribution < 1.29 is 5.21 Å². The molecule has 0 spiro atoms. The number of nitrogens with two attached hydrogens (primary N) is 2. The van der Waals surface area contributed by atoms with Crippen LogP contribution in [0.2, 0.25) is 0 Å². The van der Waals surface area contributed by atoms with Crippen LogP contribution in [0.5, 0.6) is 0 Å². The fourth-order valence-electron chi connectivity index (χ4n) is 1.70. The first-order valence-electron chi connectivity index (χ1n) is 5.82. The number of hydrogen-bond acceptors (Lipinski definition) is 4. The van der Waals surface area contributed by atoms with Gasteiger partial charge in [-0.3, -0.25) is 10.4 Å². The van der Waals surface area contributed by atoms with E-state index in [1.165, 1.54) is 0 Å². The van der Waals surface area contributed by atoms with Crippen molar-refractivity contribution in [1.82, 2.24) is 0 Å². The van der Waals surface area contributed by atoms with Crippen LogP contribution < -0.4 is 11.5 Å². The molecule has 102 valence electrons. The fraction of sp³-hybridized carbons (Fsp3) is 0.308. The lowest BCUT2D eigenvalue weighted by molar-refractivity contribution is 0.319. The molecule has 0 heterocycles. The van der Waals surface area contributed by atoms with Crippen molar-refractivity contribution in [3.8, 4) is 0 Å². The van der Waals surface area contributed by atoms with Crippen molar-refractivity contribution in [1.29, 1.82) is 5.41 Å². The molecule has 0 amide bonds.